The average Bonchev–Trinajstić information content (AvgIpc) is 3.13. The highest BCUT2D eigenvalue weighted by Crippen LogP contribution is 2.28. The van der Waals surface area contributed by atoms with E-state index in [1.165, 1.54) is 0 Å². The smallest absolute Gasteiger partial charge is 0.226 e. The molecule has 3 rings (SSSR count). The molecule has 2 heterocycles. The molecular weight excluding hydrogens is 318 g/mol. The van der Waals surface area contributed by atoms with Gasteiger partial charge < -0.3 is 14.1 Å². The molecule has 1 aromatic heterocycles. The second-order valence-electron chi connectivity index (χ2n) is 6.81. The first-order chi connectivity index (χ1) is 12.1. The number of piperidine rings is 1. The Balaban J connectivity index is 1.53. The average molecular weight is 343 g/mol. The Morgan fingerprint density at radius 3 is 2.48 bits per heavy atom. The number of methoxy groups -OCH3 is 1. The van der Waals surface area contributed by atoms with E-state index in [1.807, 2.05) is 43.0 Å². The van der Waals surface area contributed by atoms with Gasteiger partial charge in [0.25, 0.3) is 0 Å². The number of aromatic nitrogens is 2. The van der Waals surface area contributed by atoms with E-state index in [0.29, 0.717) is 18.2 Å². The van der Waals surface area contributed by atoms with Crippen LogP contribution in [0.1, 0.15) is 55.9 Å². The predicted molar refractivity (Wildman–Crippen MR) is 93.6 cm³/mol. The maximum Gasteiger partial charge on any atom is 0.226 e. The van der Waals surface area contributed by atoms with Crippen LogP contribution in [0.15, 0.2) is 28.7 Å². The minimum atomic E-state index is 0.164. The van der Waals surface area contributed by atoms with Gasteiger partial charge in [-0.1, -0.05) is 26.0 Å². The van der Waals surface area contributed by atoms with Crippen molar-refractivity contribution in [3.63, 3.8) is 0 Å². The molecule has 1 aliphatic rings. The summed E-state index contributed by atoms with van der Waals surface area (Å²) in [6.07, 6.45) is 2.16. The number of hydrogen-bond acceptors (Lipinski definition) is 5. The van der Waals surface area contributed by atoms with Crippen LogP contribution in [0.25, 0.3) is 0 Å². The van der Waals surface area contributed by atoms with E-state index < -0.39 is 0 Å². The third kappa shape index (κ3) is 4.18. The number of carbonyl (C=O) groups excluding carboxylic acids is 1. The van der Waals surface area contributed by atoms with E-state index in [9.17, 15) is 4.79 Å². The molecular formula is C19H25N3O3. The number of amides is 1. The first kappa shape index (κ1) is 17.5. The summed E-state index contributed by atoms with van der Waals surface area (Å²) in [7, 11) is 1.64. The topological polar surface area (TPSA) is 68.5 Å². The van der Waals surface area contributed by atoms with Gasteiger partial charge >= 0.3 is 0 Å². The summed E-state index contributed by atoms with van der Waals surface area (Å²) in [5, 5.41) is 8.29. The van der Waals surface area contributed by atoms with Crippen LogP contribution in [-0.4, -0.2) is 41.2 Å². The van der Waals surface area contributed by atoms with Crippen molar-refractivity contribution in [3.05, 3.63) is 41.6 Å². The zero-order valence-electron chi connectivity index (χ0n) is 15.1. The molecule has 1 fully saturated rings. The van der Waals surface area contributed by atoms with Crippen LogP contribution in [0, 0.1) is 0 Å². The minimum Gasteiger partial charge on any atom is -0.497 e. The second-order valence-corrected chi connectivity index (χ2v) is 6.81. The Kier molecular flexibility index (Phi) is 5.36. The van der Waals surface area contributed by atoms with Crippen molar-refractivity contribution < 1.29 is 13.9 Å². The third-order valence-corrected chi connectivity index (χ3v) is 4.66. The monoisotopic (exact) mass is 343 g/mol. The Hall–Kier alpha value is -2.37. The van der Waals surface area contributed by atoms with Gasteiger partial charge in [0.1, 0.15) is 5.75 Å². The number of rotatable bonds is 5. The number of benzene rings is 1. The van der Waals surface area contributed by atoms with Crippen molar-refractivity contribution in [3.8, 4) is 5.75 Å². The van der Waals surface area contributed by atoms with Gasteiger partial charge in [-0.05, 0) is 30.5 Å². The molecule has 0 N–H and O–H groups in total. The summed E-state index contributed by atoms with van der Waals surface area (Å²) >= 11 is 0. The van der Waals surface area contributed by atoms with Gasteiger partial charge in [0.2, 0.25) is 17.7 Å². The second kappa shape index (κ2) is 7.68. The number of likely N-dealkylation sites (tertiary alicyclic amines) is 1. The predicted octanol–water partition coefficient (Wildman–Crippen LogP) is 3.15. The Bertz CT molecular complexity index is 701. The molecule has 0 spiro atoms. The molecule has 1 amide bonds. The van der Waals surface area contributed by atoms with Crippen LogP contribution in [0.5, 0.6) is 5.75 Å². The summed E-state index contributed by atoms with van der Waals surface area (Å²) in [6.45, 7) is 5.55. The van der Waals surface area contributed by atoms with Crippen LogP contribution < -0.4 is 4.74 Å². The summed E-state index contributed by atoms with van der Waals surface area (Å²) < 4.78 is 10.9. The lowest BCUT2D eigenvalue weighted by atomic mass is 9.96. The van der Waals surface area contributed by atoms with Crippen LogP contribution in [-0.2, 0) is 11.2 Å². The van der Waals surface area contributed by atoms with Gasteiger partial charge in [0.05, 0.1) is 13.5 Å². The van der Waals surface area contributed by atoms with Gasteiger partial charge in [0, 0.05) is 24.9 Å². The quantitative estimate of drug-likeness (QED) is 0.834. The molecule has 0 bridgehead atoms. The van der Waals surface area contributed by atoms with E-state index in [1.54, 1.807) is 7.11 Å². The number of ether oxygens (including phenoxy) is 1. The van der Waals surface area contributed by atoms with E-state index in [-0.39, 0.29) is 17.7 Å². The molecule has 1 aliphatic heterocycles. The molecule has 134 valence electrons. The van der Waals surface area contributed by atoms with Crippen LogP contribution >= 0.6 is 0 Å². The first-order valence-corrected chi connectivity index (χ1v) is 8.81. The molecule has 0 atom stereocenters. The van der Waals surface area contributed by atoms with Crippen molar-refractivity contribution >= 4 is 5.91 Å². The number of nitrogens with zero attached hydrogens (tertiary/aromatic N) is 3. The van der Waals surface area contributed by atoms with Crippen molar-refractivity contribution in [2.24, 2.45) is 0 Å². The van der Waals surface area contributed by atoms with Crippen molar-refractivity contribution in [2.45, 2.75) is 44.9 Å². The summed E-state index contributed by atoms with van der Waals surface area (Å²) in [6, 6.07) is 7.65. The number of hydrogen-bond donors (Lipinski definition) is 0. The zero-order chi connectivity index (χ0) is 17.8. The fourth-order valence-electron chi connectivity index (χ4n) is 3.05. The SMILES string of the molecule is COc1ccc(CC(=O)N2CCC(c3nnc(C(C)C)o3)CC2)cc1. The van der Waals surface area contributed by atoms with Gasteiger partial charge in [-0.2, -0.15) is 0 Å². The molecule has 25 heavy (non-hydrogen) atoms. The highest BCUT2D eigenvalue weighted by molar-refractivity contribution is 5.78. The van der Waals surface area contributed by atoms with Crippen LogP contribution in [0.4, 0.5) is 0 Å². The number of carbonyl (C=O) groups is 1. The van der Waals surface area contributed by atoms with E-state index in [2.05, 4.69) is 10.2 Å². The molecule has 6 nitrogen and oxygen atoms in total. The van der Waals surface area contributed by atoms with E-state index in [4.69, 9.17) is 9.15 Å². The first-order valence-electron chi connectivity index (χ1n) is 8.81. The van der Waals surface area contributed by atoms with Crippen LogP contribution in [0.3, 0.4) is 0 Å². The van der Waals surface area contributed by atoms with Gasteiger partial charge in [-0.25, -0.2) is 0 Å². The lowest BCUT2D eigenvalue weighted by Gasteiger charge is -2.30. The zero-order valence-corrected chi connectivity index (χ0v) is 15.1. The van der Waals surface area contributed by atoms with Crippen molar-refractivity contribution in [1.29, 1.82) is 0 Å². The molecule has 0 aliphatic carbocycles. The Morgan fingerprint density at radius 1 is 1.24 bits per heavy atom. The third-order valence-electron chi connectivity index (χ3n) is 4.66. The van der Waals surface area contributed by atoms with Crippen molar-refractivity contribution in [1.82, 2.24) is 15.1 Å². The van der Waals surface area contributed by atoms with Gasteiger partial charge in [-0.3, -0.25) is 4.79 Å². The largest absolute Gasteiger partial charge is 0.497 e. The van der Waals surface area contributed by atoms with Gasteiger partial charge in [0.15, 0.2) is 0 Å². The summed E-state index contributed by atoms with van der Waals surface area (Å²) in [5.41, 5.74) is 1.01. The molecule has 0 saturated carbocycles. The Morgan fingerprint density at radius 2 is 1.92 bits per heavy atom. The maximum atomic E-state index is 12.5. The molecule has 2 aromatic rings. The standard InChI is InChI=1S/C19H25N3O3/c1-13(2)18-20-21-19(25-18)15-8-10-22(11-9-15)17(23)12-14-4-6-16(24-3)7-5-14/h4-7,13,15H,8-12H2,1-3H3. The highest BCUT2D eigenvalue weighted by atomic mass is 16.5. The normalized spacial score (nSPS) is 15.6. The van der Waals surface area contributed by atoms with E-state index in [0.717, 1.165) is 37.2 Å². The minimum absolute atomic E-state index is 0.164. The lowest BCUT2D eigenvalue weighted by Crippen LogP contribution is -2.38. The molecule has 6 heteroatoms. The Labute approximate surface area is 148 Å². The van der Waals surface area contributed by atoms with Gasteiger partial charge in [-0.15, -0.1) is 10.2 Å². The molecule has 0 radical (unpaired) electrons. The lowest BCUT2D eigenvalue weighted by molar-refractivity contribution is -0.131. The summed E-state index contributed by atoms with van der Waals surface area (Å²) in [4.78, 5) is 14.4. The van der Waals surface area contributed by atoms with Crippen molar-refractivity contribution in [2.75, 3.05) is 20.2 Å². The molecule has 1 saturated heterocycles. The molecule has 1 aromatic carbocycles. The summed E-state index contributed by atoms with van der Waals surface area (Å²) in [5.74, 6) is 2.87. The highest BCUT2D eigenvalue weighted by Gasteiger charge is 2.27. The van der Waals surface area contributed by atoms with E-state index >= 15 is 0 Å². The fraction of sp³-hybridized carbons (Fsp3) is 0.526. The molecule has 0 unspecified atom stereocenters. The fourth-order valence-corrected chi connectivity index (χ4v) is 3.05. The maximum absolute atomic E-state index is 12.5. The van der Waals surface area contributed by atoms with Crippen LogP contribution in [0.2, 0.25) is 0 Å².